The quantitative estimate of drug-likeness (QED) is 0.780. The third kappa shape index (κ3) is 3.39. The lowest BCUT2D eigenvalue weighted by atomic mass is 9.60. The van der Waals surface area contributed by atoms with Gasteiger partial charge in [0.2, 0.25) is 0 Å². The highest BCUT2D eigenvalue weighted by atomic mass is 32.2. The van der Waals surface area contributed by atoms with Crippen LogP contribution in [0, 0.1) is 12.3 Å². The summed E-state index contributed by atoms with van der Waals surface area (Å²) >= 11 is 1.91. The van der Waals surface area contributed by atoms with E-state index in [2.05, 4.69) is 38.9 Å². The number of aryl methyl sites for hydroxylation is 2. The van der Waals surface area contributed by atoms with E-state index in [1.165, 1.54) is 43.8 Å². The Hall–Kier alpha value is -0.560. The van der Waals surface area contributed by atoms with E-state index in [1.807, 2.05) is 11.9 Å². The Morgan fingerprint density at radius 2 is 1.92 bits per heavy atom. The van der Waals surface area contributed by atoms with E-state index in [0.29, 0.717) is 5.41 Å². The van der Waals surface area contributed by atoms with Gasteiger partial charge in [-0.25, -0.2) is 4.31 Å². The molecule has 4 rings (SSSR count). The van der Waals surface area contributed by atoms with Gasteiger partial charge in [0, 0.05) is 38.8 Å². The molecular formula is C18H30N4OS. The number of aromatic nitrogens is 2. The van der Waals surface area contributed by atoms with Gasteiger partial charge in [0.15, 0.2) is 0 Å². The van der Waals surface area contributed by atoms with Gasteiger partial charge in [0.1, 0.15) is 5.03 Å². The fourth-order valence-corrected chi connectivity index (χ4v) is 5.67. The van der Waals surface area contributed by atoms with Crippen LogP contribution in [0.5, 0.6) is 0 Å². The molecule has 1 aromatic rings. The minimum absolute atomic E-state index is 0.640. The van der Waals surface area contributed by atoms with Crippen molar-refractivity contribution in [3.63, 3.8) is 0 Å². The number of rotatable bonds is 4. The number of piperidine rings is 1. The van der Waals surface area contributed by atoms with E-state index in [0.717, 1.165) is 44.6 Å². The molecule has 3 aliphatic rings. The maximum atomic E-state index is 5.49. The zero-order chi connectivity index (χ0) is 16.6. The van der Waals surface area contributed by atoms with Crippen LogP contribution in [0.15, 0.2) is 11.1 Å². The molecule has 0 amide bonds. The zero-order valence-electron chi connectivity index (χ0n) is 15.0. The van der Waals surface area contributed by atoms with Gasteiger partial charge >= 0.3 is 0 Å². The molecule has 1 spiro atoms. The molecule has 0 bridgehead atoms. The fourth-order valence-electron chi connectivity index (χ4n) is 4.55. The Labute approximate surface area is 149 Å². The second-order valence-corrected chi connectivity index (χ2v) is 8.79. The molecule has 1 saturated carbocycles. The predicted octanol–water partition coefficient (Wildman–Crippen LogP) is 2.80. The summed E-state index contributed by atoms with van der Waals surface area (Å²) in [5, 5.41) is 5.86. The van der Waals surface area contributed by atoms with Crippen molar-refractivity contribution < 1.29 is 4.74 Å². The van der Waals surface area contributed by atoms with Gasteiger partial charge in [-0.15, -0.1) is 0 Å². The van der Waals surface area contributed by atoms with Crippen LogP contribution in [-0.4, -0.2) is 64.4 Å². The molecule has 2 saturated heterocycles. The average molecular weight is 351 g/mol. The minimum atomic E-state index is 0.640. The van der Waals surface area contributed by atoms with Crippen LogP contribution in [0.4, 0.5) is 0 Å². The summed E-state index contributed by atoms with van der Waals surface area (Å²) in [6.07, 6.45) is 5.55. The van der Waals surface area contributed by atoms with Crippen molar-refractivity contribution in [2.45, 2.75) is 57.1 Å². The molecule has 134 valence electrons. The maximum absolute atomic E-state index is 5.49. The van der Waals surface area contributed by atoms with E-state index in [-0.39, 0.29) is 0 Å². The molecule has 1 aliphatic carbocycles. The van der Waals surface area contributed by atoms with E-state index >= 15 is 0 Å². The average Bonchev–Trinajstić information content (AvgIpc) is 2.94. The normalized spacial score (nSPS) is 25.9. The second kappa shape index (κ2) is 6.98. The van der Waals surface area contributed by atoms with Crippen LogP contribution in [0.1, 0.15) is 38.3 Å². The van der Waals surface area contributed by atoms with Gasteiger partial charge in [-0.05, 0) is 63.0 Å². The largest absolute Gasteiger partial charge is 0.379 e. The standard InChI is InChI=1S/C18H30N4OS/c1-3-22-17(12-15(2)19-22)24-21-6-4-18(5-7-21)13-16(14-18)20-8-10-23-11-9-20/h12,16H,3-11,13-14H2,1-2H3. The Morgan fingerprint density at radius 1 is 1.21 bits per heavy atom. The summed E-state index contributed by atoms with van der Waals surface area (Å²) in [7, 11) is 0. The molecule has 0 unspecified atom stereocenters. The topological polar surface area (TPSA) is 33.5 Å². The van der Waals surface area contributed by atoms with E-state index in [9.17, 15) is 0 Å². The second-order valence-electron chi connectivity index (χ2n) is 7.67. The maximum Gasteiger partial charge on any atom is 0.109 e. The van der Waals surface area contributed by atoms with E-state index < -0.39 is 0 Å². The number of hydrogen-bond acceptors (Lipinski definition) is 5. The Balaban J connectivity index is 1.27. The lowest BCUT2D eigenvalue weighted by Crippen LogP contribution is -2.56. The Kier molecular flexibility index (Phi) is 4.91. The van der Waals surface area contributed by atoms with E-state index in [1.54, 1.807) is 0 Å². The van der Waals surface area contributed by atoms with Gasteiger partial charge in [-0.3, -0.25) is 9.58 Å². The zero-order valence-corrected chi connectivity index (χ0v) is 15.9. The van der Waals surface area contributed by atoms with Crippen molar-refractivity contribution in [2.75, 3.05) is 39.4 Å². The Morgan fingerprint density at radius 3 is 2.58 bits per heavy atom. The molecule has 6 heteroatoms. The number of hydrogen-bond donors (Lipinski definition) is 0. The van der Waals surface area contributed by atoms with Crippen LogP contribution in [0.3, 0.4) is 0 Å². The molecule has 0 aromatic carbocycles. The first-order valence-electron chi connectivity index (χ1n) is 9.47. The summed E-state index contributed by atoms with van der Waals surface area (Å²) in [5.74, 6) is 0. The van der Waals surface area contributed by atoms with E-state index in [4.69, 9.17) is 4.74 Å². The Bertz CT molecular complexity index is 553. The molecular weight excluding hydrogens is 320 g/mol. The first-order chi connectivity index (χ1) is 11.7. The smallest absolute Gasteiger partial charge is 0.109 e. The molecule has 0 N–H and O–H groups in total. The van der Waals surface area contributed by atoms with Crippen LogP contribution in [0.25, 0.3) is 0 Å². The highest BCUT2D eigenvalue weighted by Crippen LogP contribution is 2.51. The highest BCUT2D eigenvalue weighted by Gasteiger charge is 2.47. The van der Waals surface area contributed by atoms with Gasteiger partial charge < -0.3 is 4.74 Å². The van der Waals surface area contributed by atoms with Crippen LogP contribution in [0.2, 0.25) is 0 Å². The number of nitrogens with zero attached hydrogens (tertiary/aromatic N) is 4. The van der Waals surface area contributed by atoms with Crippen molar-refractivity contribution in [3.05, 3.63) is 11.8 Å². The van der Waals surface area contributed by atoms with Crippen molar-refractivity contribution in [1.29, 1.82) is 0 Å². The predicted molar refractivity (Wildman–Crippen MR) is 97.1 cm³/mol. The molecule has 0 radical (unpaired) electrons. The fraction of sp³-hybridized carbons (Fsp3) is 0.833. The van der Waals surface area contributed by atoms with Crippen molar-refractivity contribution in [3.8, 4) is 0 Å². The third-order valence-corrected chi connectivity index (χ3v) is 7.21. The summed E-state index contributed by atoms with van der Waals surface area (Å²) in [6, 6.07) is 3.05. The minimum Gasteiger partial charge on any atom is -0.379 e. The van der Waals surface area contributed by atoms with Gasteiger partial charge in [0.25, 0.3) is 0 Å². The lowest BCUT2D eigenvalue weighted by molar-refractivity contribution is -0.0664. The molecule has 3 fully saturated rings. The summed E-state index contributed by atoms with van der Waals surface area (Å²) in [6.45, 7) is 11.8. The van der Waals surface area contributed by atoms with Crippen molar-refractivity contribution in [1.82, 2.24) is 19.0 Å². The first-order valence-corrected chi connectivity index (χ1v) is 10.2. The van der Waals surface area contributed by atoms with Crippen molar-refractivity contribution >= 4 is 11.9 Å². The summed E-state index contributed by atoms with van der Waals surface area (Å²) < 4.78 is 10.2. The van der Waals surface area contributed by atoms with Crippen LogP contribution in [-0.2, 0) is 11.3 Å². The monoisotopic (exact) mass is 350 g/mol. The number of ether oxygens (including phenoxy) is 1. The van der Waals surface area contributed by atoms with Gasteiger partial charge in [-0.1, -0.05) is 0 Å². The summed E-state index contributed by atoms with van der Waals surface area (Å²) in [5.41, 5.74) is 1.76. The molecule has 1 aromatic heterocycles. The van der Waals surface area contributed by atoms with Crippen LogP contribution >= 0.6 is 11.9 Å². The molecule has 2 aliphatic heterocycles. The van der Waals surface area contributed by atoms with Crippen molar-refractivity contribution in [2.24, 2.45) is 5.41 Å². The SMILES string of the molecule is CCn1nc(C)cc1SN1CCC2(CC1)CC(N1CCOCC1)C2. The highest BCUT2D eigenvalue weighted by molar-refractivity contribution is 7.97. The van der Waals surface area contributed by atoms with Gasteiger partial charge in [-0.2, -0.15) is 5.10 Å². The van der Waals surface area contributed by atoms with Gasteiger partial charge in [0.05, 0.1) is 18.9 Å². The first kappa shape index (κ1) is 16.9. The molecule has 0 atom stereocenters. The lowest BCUT2D eigenvalue weighted by Gasteiger charge is -2.55. The molecule has 3 heterocycles. The molecule has 5 nitrogen and oxygen atoms in total. The third-order valence-electron chi connectivity index (χ3n) is 6.07. The summed E-state index contributed by atoms with van der Waals surface area (Å²) in [4.78, 5) is 2.67. The van der Waals surface area contributed by atoms with Crippen LogP contribution < -0.4 is 0 Å². The number of morpholine rings is 1. The molecule has 24 heavy (non-hydrogen) atoms.